The Labute approximate surface area is 97.7 Å². The fourth-order valence-corrected chi connectivity index (χ4v) is 2.54. The first-order chi connectivity index (χ1) is 7.74. The Kier molecular flexibility index (Phi) is 3.44. The third kappa shape index (κ3) is 2.05. The molecule has 1 fully saturated rings. The lowest BCUT2D eigenvalue weighted by atomic mass is 10.1. The summed E-state index contributed by atoms with van der Waals surface area (Å²) < 4.78 is 0. The van der Waals surface area contributed by atoms with Crippen molar-refractivity contribution in [2.45, 2.75) is 45.2 Å². The fourth-order valence-electron chi connectivity index (χ4n) is 2.54. The van der Waals surface area contributed by atoms with Crippen LogP contribution in [0.5, 0.6) is 0 Å². The van der Waals surface area contributed by atoms with Gasteiger partial charge in [0, 0.05) is 30.4 Å². The highest BCUT2D eigenvalue weighted by molar-refractivity contribution is 5.49. The van der Waals surface area contributed by atoms with E-state index in [4.69, 9.17) is 5.73 Å². The van der Waals surface area contributed by atoms with Gasteiger partial charge in [0.05, 0.1) is 0 Å². The second kappa shape index (κ2) is 4.83. The third-order valence-corrected chi connectivity index (χ3v) is 3.43. The molecule has 0 saturated carbocycles. The number of nitrogens with zero attached hydrogens (tertiary/aromatic N) is 2. The molecule has 0 amide bonds. The number of rotatable bonds is 3. The second-order valence-corrected chi connectivity index (χ2v) is 4.60. The molecule has 2 atom stereocenters. The van der Waals surface area contributed by atoms with E-state index >= 15 is 0 Å². The highest BCUT2D eigenvalue weighted by Gasteiger charge is 2.26. The summed E-state index contributed by atoms with van der Waals surface area (Å²) in [5.74, 6) is 1.10. The van der Waals surface area contributed by atoms with Gasteiger partial charge in [0.15, 0.2) is 0 Å². The van der Waals surface area contributed by atoms with Gasteiger partial charge in [0.1, 0.15) is 5.82 Å². The molecule has 1 aliphatic heterocycles. The molecule has 0 bridgehead atoms. The molecule has 1 aliphatic rings. The summed E-state index contributed by atoms with van der Waals surface area (Å²) in [6.45, 7) is 5.39. The number of hydrogen-bond donors (Lipinski definition) is 1. The molecule has 1 aromatic heterocycles. The molecular formula is C13H21N3. The molecule has 0 aliphatic carbocycles. The zero-order valence-corrected chi connectivity index (χ0v) is 10.2. The van der Waals surface area contributed by atoms with Crippen molar-refractivity contribution in [1.29, 1.82) is 0 Å². The maximum atomic E-state index is 6.00. The van der Waals surface area contributed by atoms with Gasteiger partial charge in [-0.3, -0.25) is 0 Å². The summed E-state index contributed by atoms with van der Waals surface area (Å²) in [7, 11) is 0. The van der Waals surface area contributed by atoms with Crippen molar-refractivity contribution in [2.24, 2.45) is 5.73 Å². The minimum absolute atomic E-state index is 0.0572. The molecule has 0 spiro atoms. The van der Waals surface area contributed by atoms with Crippen molar-refractivity contribution in [1.82, 2.24) is 4.98 Å². The average molecular weight is 219 g/mol. The Morgan fingerprint density at radius 1 is 1.62 bits per heavy atom. The number of aromatic nitrogens is 1. The van der Waals surface area contributed by atoms with Crippen LogP contribution in [0.4, 0.5) is 5.82 Å². The summed E-state index contributed by atoms with van der Waals surface area (Å²) in [5.41, 5.74) is 7.17. The molecule has 0 radical (unpaired) electrons. The van der Waals surface area contributed by atoms with E-state index in [1.165, 1.54) is 24.8 Å². The minimum atomic E-state index is 0.0572. The number of pyridine rings is 1. The first-order valence-electron chi connectivity index (χ1n) is 6.21. The third-order valence-electron chi connectivity index (χ3n) is 3.43. The maximum absolute atomic E-state index is 6.00. The molecule has 2 rings (SSSR count). The predicted molar refractivity (Wildman–Crippen MR) is 67.5 cm³/mol. The van der Waals surface area contributed by atoms with Crippen LogP contribution >= 0.6 is 0 Å². The van der Waals surface area contributed by atoms with Gasteiger partial charge in [-0.25, -0.2) is 4.98 Å². The van der Waals surface area contributed by atoms with E-state index in [1.807, 2.05) is 19.2 Å². The SMILES string of the molecule is CCC1CCCN1c1ncccc1[C@@H](C)N. The normalized spacial score (nSPS) is 22.4. The van der Waals surface area contributed by atoms with E-state index in [1.54, 1.807) is 0 Å². The number of anilines is 1. The lowest BCUT2D eigenvalue weighted by molar-refractivity contribution is 0.635. The van der Waals surface area contributed by atoms with Crippen molar-refractivity contribution in [3.05, 3.63) is 23.9 Å². The molecule has 88 valence electrons. The van der Waals surface area contributed by atoms with Crippen molar-refractivity contribution >= 4 is 5.82 Å². The van der Waals surface area contributed by atoms with Gasteiger partial charge < -0.3 is 10.6 Å². The smallest absolute Gasteiger partial charge is 0.133 e. The molecule has 1 saturated heterocycles. The summed E-state index contributed by atoms with van der Waals surface area (Å²) in [5, 5.41) is 0. The first-order valence-corrected chi connectivity index (χ1v) is 6.21. The first kappa shape index (κ1) is 11.4. The molecule has 2 N–H and O–H groups in total. The predicted octanol–water partition coefficient (Wildman–Crippen LogP) is 2.48. The maximum Gasteiger partial charge on any atom is 0.133 e. The molecule has 16 heavy (non-hydrogen) atoms. The van der Waals surface area contributed by atoms with Crippen molar-refractivity contribution < 1.29 is 0 Å². The number of nitrogens with two attached hydrogens (primary N) is 1. The van der Waals surface area contributed by atoms with Crippen LogP contribution in [-0.4, -0.2) is 17.6 Å². The summed E-state index contributed by atoms with van der Waals surface area (Å²) in [6.07, 6.45) is 5.61. The van der Waals surface area contributed by atoms with Crippen LogP contribution in [0.1, 0.15) is 44.7 Å². The van der Waals surface area contributed by atoms with Gasteiger partial charge in [0.25, 0.3) is 0 Å². The summed E-state index contributed by atoms with van der Waals surface area (Å²) in [4.78, 5) is 6.96. The molecule has 1 unspecified atom stereocenters. The molecular weight excluding hydrogens is 198 g/mol. The molecule has 1 aromatic rings. The van der Waals surface area contributed by atoms with Gasteiger partial charge in [-0.05, 0) is 32.3 Å². The fraction of sp³-hybridized carbons (Fsp3) is 0.615. The molecule has 3 heteroatoms. The van der Waals surface area contributed by atoms with E-state index in [0.717, 1.165) is 12.4 Å². The van der Waals surface area contributed by atoms with E-state index in [0.29, 0.717) is 6.04 Å². The van der Waals surface area contributed by atoms with Crippen LogP contribution in [0.25, 0.3) is 0 Å². The van der Waals surface area contributed by atoms with Gasteiger partial charge >= 0.3 is 0 Å². The minimum Gasteiger partial charge on any atom is -0.353 e. The van der Waals surface area contributed by atoms with E-state index in [-0.39, 0.29) is 6.04 Å². The topological polar surface area (TPSA) is 42.2 Å². The van der Waals surface area contributed by atoms with Crippen molar-refractivity contribution in [3.8, 4) is 0 Å². The molecule has 0 aromatic carbocycles. The highest BCUT2D eigenvalue weighted by Crippen LogP contribution is 2.30. The lowest BCUT2D eigenvalue weighted by Gasteiger charge is -2.27. The zero-order chi connectivity index (χ0) is 11.5. The van der Waals surface area contributed by atoms with E-state index in [9.17, 15) is 0 Å². The second-order valence-electron chi connectivity index (χ2n) is 4.60. The van der Waals surface area contributed by atoms with Crippen molar-refractivity contribution in [2.75, 3.05) is 11.4 Å². The van der Waals surface area contributed by atoms with Gasteiger partial charge in [0.2, 0.25) is 0 Å². The average Bonchev–Trinajstić information content (AvgIpc) is 2.76. The zero-order valence-electron chi connectivity index (χ0n) is 10.2. The molecule has 3 nitrogen and oxygen atoms in total. The summed E-state index contributed by atoms with van der Waals surface area (Å²) >= 11 is 0. The van der Waals surface area contributed by atoms with Crippen LogP contribution in [0.2, 0.25) is 0 Å². The van der Waals surface area contributed by atoms with Crippen LogP contribution in [0.3, 0.4) is 0 Å². The Balaban J connectivity index is 2.32. The van der Waals surface area contributed by atoms with Crippen LogP contribution < -0.4 is 10.6 Å². The van der Waals surface area contributed by atoms with Gasteiger partial charge in [-0.2, -0.15) is 0 Å². The van der Waals surface area contributed by atoms with Crippen LogP contribution in [0.15, 0.2) is 18.3 Å². The van der Waals surface area contributed by atoms with Gasteiger partial charge in [-0.15, -0.1) is 0 Å². The van der Waals surface area contributed by atoms with Gasteiger partial charge in [-0.1, -0.05) is 13.0 Å². The Morgan fingerprint density at radius 3 is 3.12 bits per heavy atom. The van der Waals surface area contributed by atoms with E-state index in [2.05, 4.69) is 22.9 Å². The Bertz CT molecular complexity index is 349. The monoisotopic (exact) mass is 219 g/mol. The Morgan fingerprint density at radius 2 is 2.44 bits per heavy atom. The number of hydrogen-bond acceptors (Lipinski definition) is 3. The van der Waals surface area contributed by atoms with Crippen LogP contribution in [-0.2, 0) is 0 Å². The van der Waals surface area contributed by atoms with Crippen molar-refractivity contribution in [3.63, 3.8) is 0 Å². The lowest BCUT2D eigenvalue weighted by Crippen LogP contribution is -2.31. The Hall–Kier alpha value is -1.09. The standard InChI is InChI=1S/C13H21N3/c1-3-11-6-5-9-16(11)13-12(10(2)14)7-4-8-15-13/h4,7-8,10-11H,3,5-6,9,14H2,1-2H3/t10-,11?/m1/s1. The van der Waals surface area contributed by atoms with E-state index < -0.39 is 0 Å². The highest BCUT2D eigenvalue weighted by atomic mass is 15.2. The quantitative estimate of drug-likeness (QED) is 0.849. The summed E-state index contributed by atoms with van der Waals surface area (Å²) in [6, 6.07) is 4.77. The molecule has 2 heterocycles. The largest absolute Gasteiger partial charge is 0.353 e. The van der Waals surface area contributed by atoms with Crippen LogP contribution in [0, 0.1) is 0 Å².